The zero-order valence-corrected chi connectivity index (χ0v) is 17.8. The van der Waals surface area contributed by atoms with Gasteiger partial charge in [0, 0.05) is 36.7 Å². The average molecular weight is 408 g/mol. The maximum atomic E-state index is 13.2. The molecule has 29 heavy (non-hydrogen) atoms. The fourth-order valence-corrected chi connectivity index (χ4v) is 4.53. The average Bonchev–Trinajstić information content (AvgIpc) is 3.32. The lowest BCUT2D eigenvalue weighted by Crippen LogP contribution is -2.35. The third-order valence-electron chi connectivity index (χ3n) is 4.97. The molecule has 3 aromatic rings. The standard InChI is InChI=1S/C22H25N5OS/c1-15(2)14-27-20(18-8-6-11-23-13-18)24-25-22(27)29-16(3)21(28)26-12-10-17-7-4-5-9-19(17)26/h4-9,11,13,15-16H,10,12,14H2,1-3H3/t16-/m1/s1. The molecule has 1 aliphatic rings. The number of carbonyl (C=O) groups excluding carboxylic acids is 1. The van der Waals surface area contributed by atoms with Crippen molar-refractivity contribution in [3.05, 3.63) is 54.4 Å². The highest BCUT2D eigenvalue weighted by atomic mass is 32.2. The molecule has 150 valence electrons. The summed E-state index contributed by atoms with van der Waals surface area (Å²) in [4.78, 5) is 19.3. The number of para-hydroxylation sites is 1. The second-order valence-corrected chi connectivity index (χ2v) is 8.99. The first-order valence-corrected chi connectivity index (χ1v) is 10.8. The third-order valence-corrected chi connectivity index (χ3v) is 6.04. The van der Waals surface area contributed by atoms with Gasteiger partial charge < -0.3 is 9.47 Å². The van der Waals surface area contributed by atoms with Crippen molar-refractivity contribution in [2.45, 2.75) is 44.1 Å². The van der Waals surface area contributed by atoms with E-state index >= 15 is 0 Å². The molecular weight excluding hydrogens is 382 g/mol. The monoisotopic (exact) mass is 407 g/mol. The molecule has 0 bridgehead atoms. The van der Waals surface area contributed by atoms with Crippen molar-refractivity contribution in [3.63, 3.8) is 0 Å². The van der Waals surface area contributed by atoms with Crippen LogP contribution in [0.2, 0.25) is 0 Å². The molecule has 3 heterocycles. The quantitative estimate of drug-likeness (QED) is 0.577. The van der Waals surface area contributed by atoms with E-state index in [1.165, 1.54) is 17.3 Å². The Morgan fingerprint density at radius 2 is 1.97 bits per heavy atom. The highest BCUT2D eigenvalue weighted by molar-refractivity contribution is 8.00. The van der Waals surface area contributed by atoms with Gasteiger partial charge in [-0.1, -0.05) is 43.8 Å². The number of fused-ring (bicyclic) bond motifs is 1. The number of benzene rings is 1. The van der Waals surface area contributed by atoms with Crippen LogP contribution in [0.4, 0.5) is 5.69 Å². The molecule has 1 aromatic carbocycles. The van der Waals surface area contributed by atoms with Crippen LogP contribution in [0, 0.1) is 5.92 Å². The first kappa shape index (κ1) is 19.6. The lowest BCUT2D eigenvalue weighted by atomic mass is 10.2. The van der Waals surface area contributed by atoms with Crippen LogP contribution in [0.3, 0.4) is 0 Å². The van der Waals surface area contributed by atoms with E-state index in [4.69, 9.17) is 0 Å². The largest absolute Gasteiger partial charge is 0.311 e. The van der Waals surface area contributed by atoms with Crippen molar-refractivity contribution in [2.75, 3.05) is 11.4 Å². The van der Waals surface area contributed by atoms with Crippen molar-refractivity contribution < 1.29 is 4.79 Å². The number of carbonyl (C=O) groups is 1. The van der Waals surface area contributed by atoms with Gasteiger partial charge in [-0.2, -0.15) is 0 Å². The van der Waals surface area contributed by atoms with Gasteiger partial charge in [0.15, 0.2) is 11.0 Å². The number of pyridine rings is 1. The Bertz CT molecular complexity index is 1000. The predicted molar refractivity (Wildman–Crippen MR) is 116 cm³/mol. The summed E-state index contributed by atoms with van der Waals surface area (Å²) >= 11 is 1.48. The van der Waals surface area contributed by atoms with E-state index in [9.17, 15) is 4.79 Å². The number of nitrogens with zero attached hydrogens (tertiary/aromatic N) is 5. The number of aromatic nitrogens is 4. The van der Waals surface area contributed by atoms with Gasteiger partial charge in [0.05, 0.1) is 5.25 Å². The summed E-state index contributed by atoms with van der Waals surface area (Å²) in [5, 5.41) is 9.35. The summed E-state index contributed by atoms with van der Waals surface area (Å²) in [6.45, 7) is 7.80. The van der Waals surface area contributed by atoms with E-state index in [1.54, 1.807) is 12.4 Å². The van der Waals surface area contributed by atoms with Crippen LogP contribution in [0.5, 0.6) is 0 Å². The number of amides is 1. The van der Waals surface area contributed by atoms with Gasteiger partial charge in [0.2, 0.25) is 5.91 Å². The Hall–Kier alpha value is -2.67. The Morgan fingerprint density at radius 3 is 2.72 bits per heavy atom. The SMILES string of the molecule is CC(C)Cn1c(S[C@H](C)C(=O)N2CCc3ccccc32)nnc1-c1cccnc1. The molecule has 0 spiro atoms. The third kappa shape index (κ3) is 4.05. The number of hydrogen-bond acceptors (Lipinski definition) is 5. The molecule has 1 aliphatic heterocycles. The molecule has 0 N–H and O–H groups in total. The van der Waals surface area contributed by atoms with Crippen molar-refractivity contribution in [3.8, 4) is 11.4 Å². The van der Waals surface area contributed by atoms with Gasteiger partial charge in [-0.15, -0.1) is 10.2 Å². The van der Waals surface area contributed by atoms with Crippen LogP contribution in [-0.4, -0.2) is 37.5 Å². The number of hydrogen-bond donors (Lipinski definition) is 0. The smallest absolute Gasteiger partial charge is 0.240 e. The van der Waals surface area contributed by atoms with Gasteiger partial charge in [-0.3, -0.25) is 9.78 Å². The molecule has 6 nitrogen and oxygen atoms in total. The zero-order valence-electron chi connectivity index (χ0n) is 16.9. The Kier molecular flexibility index (Phi) is 5.67. The van der Waals surface area contributed by atoms with E-state index in [0.29, 0.717) is 5.92 Å². The molecule has 0 saturated heterocycles. The Morgan fingerprint density at radius 1 is 1.14 bits per heavy atom. The first-order chi connectivity index (χ1) is 14.0. The summed E-state index contributed by atoms with van der Waals surface area (Å²) in [6, 6.07) is 12.0. The van der Waals surface area contributed by atoms with E-state index < -0.39 is 0 Å². The minimum Gasteiger partial charge on any atom is -0.311 e. The fraction of sp³-hybridized carbons (Fsp3) is 0.364. The highest BCUT2D eigenvalue weighted by Crippen LogP contribution is 2.32. The molecule has 1 atom stereocenters. The van der Waals surface area contributed by atoms with Crippen molar-refractivity contribution in [1.82, 2.24) is 19.7 Å². The molecular formula is C22H25N5OS. The highest BCUT2D eigenvalue weighted by Gasteiger charge is 2.29. The van der Waals surface area contributed by atoms with E-state index in [0.717, 1.165) is 41.7 Å². The van der Waals surface area contributed by atoms with Crippen LogP contribution >= 0.6 is 11.8 Å². The number of rotatable bonds is 6. The number of thioether (sulfide) groups is 1. The van der Waals surface area contributed by atoms with Crippen LogP contribution < -0.4 is 4.90 Å². The van der Waals surface area contributed by atoms with Crippen LogP contribution in [0.25, 0.3) is 11.4 Å². The summed E-state index contributed by atoms with van der Waals surface area (Å²) in [7, 11) is 0. The lowest BCUT2D eigenvalue weighted by molar-refractivity contribution is -0.117. The minimum atomic E-state index is -0.252. The van der Waals surface area contributed by atoms with E-state index in [-0.39, 0.29) is 11.2 Å². The van der Waals surface area contributed by atoms with Crippen LogP contribution in [0.1, 0.15) is 26.3 Å². The predicted octanol–water partition coefficient (Wildman–Crippen LogP) is 4.07. The molecule has 0 saturated carbocycles. The minimum absolute atomic E-state index is 0.113. The molecule has 0 aliphatic carbocycles. The molecule has 1 amide bonds. The first-order valence-electron chi connectivity index (χ1n) is 9.94. The second-order valence-electron chi connectivity index (χ2n) is 7.68. The lowest BCUT2D eigenvalue weighted by Gasteiger charge is -2.21. The molecule has 0 radical (unpaired) electrons. The summed E-state index contributed by atoms with van der Waals surface area (Å²) in [6.07, 6.45) is 4.45. The maximum Gasteiger partial charge on any atom is 0.240 e. The van der Waals surface area contributed by atoms with Gasteiger partial charge in [-0.05, 0) is 43.0 Å². The van der Waals surface area contributed by atoms with Crippen molar-refractivity contribution in [1.29, 1.82) is 0 Å². The second kappa shape index (κ2) is 8.37. The van der Waals surface area contributed by atoms with Crippen molar-refractivity contribution >= 4 is 23.4 Å². The van der Waals surface area contributed by atoms with E-state index in [2.05, 4.69) is 39.7 Å². The van der Waals surface area contributed by atoms with Crippen LogP contribution in [0.15, 0.2) is 53.9 Å². The Labute approximate surface area is 175 Å². The summed E-state index contributed by atoms with van der Waals surface area (Å²) in [5.41, 5.74) is 3.20. The maximum absolute atomic E-state index is 13.2. The van der Waals surface area contributed by atoms with Crippen molar-refractivity contribution in [2.24, 2.45) is 5.92 Å². The van der Waals surface area contributed by atoms with Gasteiger partial charge >= 0.3 is 0 Å². The normalized spacial score (nSPS) is 14.3. The molecule has 2 aromatic heterocycles. The molecule has 0 unspecified atom stereocenters. The molecule has 4 rings (SSSR count). The Balaban J connectivity index is 1.57. The van der Waals surface area contributed by atoms with Gasteiger partial charge in [0.1, 0.15) is 0 Å². The topological polar surface area (TPSA) is 63.9 Å². The van der Waals surface area contributed by atoms with Gasteiger partial charge in [-0.25, -0.2) is 0 Å². The zero-order chi connectivity index (χ0) is 20.4. The molecule has 0 fully saturated rings. The number of anilines is 1. The molecule has 7 heteroatoms. The van der Waals surface area contributed by atoms with Gasteiger partial charge in [0.25, 0.3) is 0 Å². The fourth-order valence-electron chi connectivity index (χ4n) is 3.61. The summed E-state index contributed by atoms with van der Waals surface area (Å²) < 4.78 is 2.11. The summed E-state index contributed by atoms with van der Waals surface area (Å²) in [5.74, 6) is 1.33. The van der Waals surface area contributed by atoms with Crippen LogP contribution in [-0.2, 0) is 17.8 Å². The van der Waals surface area contributed by atoms with E-state index in [1.807, 2.05) is 42.2 Å².